The molecule has 0 aliphatic rings. The van der Waals surface area contributed by atoms with Crippen LogP contribution in [0.4, 0.5) is 11.4 Å². The van der Waals surface area contributed by atoms with Gasteiger partial charge in [-0.15, -0.1) is 11.8 Å². The molecular weight excluding hydrogens is 709 g/mol. The van der Waals surface area contributed by atoms with E-state index in [4.69, 9.17) is 4.74 Å². The molecule has 55 heavy (non-hydrogen) atoms. The molecule has 4 N–H and O–H groups in total. The number of benzene rings is 6. The zero-order valence-electron chi connectivity index (χ0n) is 30.2. The number of methoxy groups -OCH3 is 1. The maximum absolute atomic E-state index is 14.1. The molecular formula is C45H38N4O5S. The van der Waals surface area contributed by atoms with Crippen molar-refractivity contribution in [3.05, 3.63) is 168 Å². The smallest absolute Gasteiger partial charge is 0.272 e. The number of rotatable bonds is 12. The SMILES string of the molecule is CCn1c2ccccc2c2cc(NC(=O)C(Sc3cccc(NC(=O)/C(=C\c4ccc(O)cc4OC)NC(=O)c4ccccc4)c3)c3ccccc3)ccc21. The van der Waals surface area contributed by atoms with Crippen LogP contribution in [-0.4, -0.2) is 34.5 Å². The summed E-state index contributed by atoms with van der Waals surface area (Å²) >= 11 is 1.36. The van der Waals surface area contributed by atoms with Crippen LogP contribution in [0.25, 0.3) is 27.9 Å². The van der Waals surface area contributed by atoms with Gasteiger partial charge >= 0.3 is 0 Å². The topological polar surface area (TPSA) is 122 Å². The highest BCUT2D eigenvalue weighted by atomic mass is 32.2. The molecule has 0 spiro atoms. The number of carbonyl (C=O) groups is 3. The Labute approximate surface area is 322 Å². The summed E-state index contributed by atoms with van der Waals surface area (Å²) in [7, 11) is 1.45. The Kier molecular flexibility index (Phi) is 11.0. The highest BCUT2D eigenvalue weighted by Crippen LogP contribution is 2.38. The van der Waals surface area contributed by atoms with Crippen LogP contribution in [0, 0.1) is 0 Å². The Hall–Kier alpha value is -6.78. The molecule has 7 rings (SSSR count). The highest BCUT2D eigenvalue weighted by molar-refractivity contribution is 8.00. The van der Waals surface area contributed by atoms with Gasteiger partial charge in [0.05, 0.1) is 7.11 Å². The number of hydrogen-bond donors (Lipinski definition) is 4. The number of fused-ring (bicyclic) bond motifs is 3. The number of phenolic OH excluding ortho intramolecular Hbond substituents is 1. The Morgan fingerprint density at radius 2 is 1.45 bits per heavy atom. The average molecular weight is 747 g/mol. The Morgan fingerprint density at radius 3 is 2.22 bits per heavy atom. The fourth-order valence-corrected chi connectivity index (χ4v) is 7.56. The third kappa shape index (κ3) is 8.24. The Bertz CT molecular complexity index is 2550. The lowest BCUT2D eigenvalue weighted by Gasteiger charge is -2.18. The van der Waals surface area contributed by atoms with E-state index in [2.05, 4.69) is 39.6 Å². The molecule has 1 heterocycles. The van der Waals surface area contributed by atoms with Crippen molar-refractivity contribution in [1.29, 1.82) is 0 Å². The number of aromatic nitrogens is 1. The molecule has 9 nitrogen and oxygen atoms in total. The molecule has 6 aromatic carbocycles. The van der Waals surface area contributed by atoms with Crippen LogP contribution >= 0.6 is 11.8 Å². The predicted molar refractivity (Wildman–Crippen MR) is 220 cm³/mol. The molecule has 0 radical (unpaired) electrons. The summed E-state index contributed by atoms with van der Waals surface area (Å²) in [6.07, 6.45) is 1.49. The maximum Gasteiger partial charge on any atom is 0.272 e. The number of carbonyl (C=O) groups excluding carboxylic acids is 3. The van der Waals surface area contributed by atoms with Gasteiger partial charge in [-0.2, -0.15) is 0 Å². The van der Waals surface area contributed by atoms with Crippen LogP contribution in [0.2, 0.25) is 0 Å². The number of hydrogen-bond acceptors (Lipinski definition) is 6. The highest BCUT2D eigenvalue weighted by Gasteiger charge is 2.24. The van der Waals surface area contributed by atoms with Crippen molar-refractivity contribution >= 4 is 68.7 Å². The number of para-hydroxylation sites is 1. The van der Waals surface area contributed by atoms with E-state index in [0.29, 0.717) is 28.3 Å². The normalized spacial score (nSPS) is 11.9. The van der Waals surface area contributed by atoms with Gasteiger partial charge in [0, 0.05) is 61.8 Å². The second kappa shape index (κ2) is 16.5. The molecule has 7 aromatic rings. The first-order valence-electron chi connectivity index (χ1n) is 17.7. The largest absolute Gasteiger partial charge is 0.508 e. The third-order valence-electron chi connectivity index (χ3n) is 9.09. The van der Waals surface area contributed by atoms with Gasteiger partial charge in [-0.25, -0.2) is 0 Å². The number of amides is 3. The number of nitrogens with zero attached hydrogens (tertiary/aromatic N) is 1. The van der Waals surface area contributed by atoms with E-state index in [1.165, 1.54) is 37.1 Å². The molecule has 274 valence electrons. The summed E-state index contributed by atoms with van der Waals surface area (Å²) in [6.45, 7) is 2.95. The van der Waals surface area contributed by atoms with E-state index in [1.807, 2.05) is 66.7 Å². The molecule has 0 fully saturated rings. The second-order valence-electron chi connectivity index (χ2n) is 12.7. The fraction of sp³-hybridized carbons (Fsp3) is 0.0889. The summed E-state index contributed by atoms with van der Waals surface area (Å²) in [6, 6.07) is 44.1. The predicted octanol–water partition coefficient (Wildman–Crippen LogP) is 9.41. The molecule has 1 atom stereocenters. The fourth-order valence-electron chi connectivity index (χ4n) is 6.48. The molecule has 1 unspecified atom stereocenters. The van der Waals surface area contributed by atoms with Crippen LogP contribution in [0.3, 0.4) is 0 Å². The number of aromatic hydroxyl groups is 1. The van der Waals surface area contributed by atoms with Gasteiger partial charge in [-0.1, -0.05) is 72.8 Å². The van der Waals surface area contributed by atoms with Crippen molar-refractivity contribution in [3.63, 3.8) is 0 Å². The summed E-state index contributed by atoms with van der Waals surface area (Å²) in [5.74, 6) is -0.947. The minimum atomic E-state index is -0.623. The van der Waals surface area contributed by atoms with Crippen molar-refractivity contribution in [3.8, 4) is 11.5 Å². The quantitative estimate of drug-likeness (QED) is 0.0731. The van der Waals surface area contributed by atoms with Gasteiger partial charge < -0.3 is 30.4 Å². The lowest BCUT2D eigenvalue weighted by atomic mass is 10.1. The van der Waals surface area contributed by atoms with E-state index in [9.17, 15) is 19.5 Å². The van der Waals surface area contributed by atoms with Gasteiger partial charge in [0.15, 0.2) is 0 Å². The van der Waals surface area contributed by atoms with Gasteiger partial charge in [0.2, 0.25) is 5.91 Å². The average Bonchev–Trinajstić information content (AvgIpc) is 3.53. The van der Waals surface area contributed by atoms with E-state index < -0.39 is 17.1 Å². The first-order valence-corrected chi connectivity index (χ1v) is 18.6. The standard InChI is InChI=1S/C45H38N4O5S/c1-3-49-39-20-11-10-19-36(39)37-27-33(22-24-40(37)49)47-45(53)42(29-13-6-4-7-14-29)55-35-18-12-17-32(26-35)46-44(52)38(48-43(51)30-15-8-5-9-16-30)25-31-21-23-34(50)28-41(31)54-2/h4-28,42,50H,3H2,1-2H3,(H,46,52)(H,47,53)(H,48,51)/b38-25+. The summed E-state index contributed by atoms with van der Waals surface area (Å²) in [5, 5.41) is 20.3. The molecule has 0 aliphatic carbocycles. The van der Waals surface area contributed by atoms with Crippen LogP contribution in [0.1, 0.15) is 33.7 Å². The molecule has 1 aromatic heterocycles. The van der Waals surface area contributed by atoms with Crippen molar-refractivity contribution in [1.82, 2.24) is 9.88 Å². The summed E-state index contributed by atoms with van der Waals surface area (Å²) in [4.78, 5) is 41.9. The molecule has 0 saturated carbocycles. The molecule has 3 amide bonds. The minimum absolute atomic E-state index is 0.00788. The Balaban J connectivity index is 1.14. The van der Waals surface area contributed by atoms with Crippen molar-refractivity contribution < 1.29 is 24.2 Å². The summed E-state index contributed by atoms with van der Waals surface area (Å²) < 4.78 is 7.69. The van der Waals surface area contributed by atoms with Gasteiger partial charge in [-0.05, 0) is 85.3 Å². The number of ether oxygens (including phenoxy) is 1. The van der Waals surface area contributed by atoms with Gasteiger partial charge in [-0.3, -0.25) is 14.4 Å². The zero-order valence-corrected chi connectivity index (χ0v) is 31.0. The lowest BCUT2D eigenvalue weighted by Crippen LogP contribution is -2.30. The number of aryl methyl sites for hydroxylation is 1. The molecule has 0 saturated heterocycles. The summed E-state index contributed by atoms with van der Waals surface area (Å²) in [5.41, 5.74) is 5.02. The molecule has 0 bridgehead atoms. The zero-order chi connectivity index (χ0) is 38.3. The monoisotopic (exact) mass is 746 g/mol. The number of thioether (sulfide) groups is 1. The number of nitrogens with one attached hydrogen (secondary N) is 3. The molecule has 10 heteroatoms. The van der Waals surface area contributed by atoms with Crippen LogP contribution in [0.5, 0.6) is 11.5 Å². The van der Waals surface area contributed by atoms with Crippen LogP contribution < -0.4 is 20.7 Å². The van der Waals surface area contributed by atoms with Gasteiger partial charge in [0.1, 0.15) is 22.4 Å². The lowest BCUT2D eigenvalue weighted by molar-refractivity contribution is -0.116. The first kappa shape index (κ1) is 36.6. The van der Waals surface area contributed by atoms with Crippen LogP contribution in [-0.2, 0) is 16.1 Å². The molecule has 0 aliphatic heterocycles. The number of anilines is 2. The Morgan fingerprint density at radius 1 is 0.745 bits per heavy atom. The van der Waals surface area contributed by atoms with Gasteiger partial charge in [0.25, 0.3) is 11.8 Å². The van der Waals surface area contributed by atoms with E-state index in [1.54, 1.807) is 54.6 Å². The van der Waals surface area contributed by atoms with Crippen molar-refractivity contribution in [2.45, 2.75) is 23.6 Å². The van der Waals surface area contributed by atoms with E-state index in [0.717, 1.165) is 38.8 Å². The maximum atomic E-state index is 14.1. The third-order valence-corrected chi connectivity index (χ3v) is 10.3. The van der Waals surface area contributed by atoms with Crippen LogP contribution in [0.15, 0.2) is 156 Å². The van der Waals surface area contributed by atoms with E-state index in [-0.39, 0.29) is 17.4 Å². The minimum Gasteiger partial charge on any atom is -0.508 e. The van der Waals surface area contributed by atoms with E-state index >= 15 is 0 Å². The second-order valence-corrected chi connectivity index (χ2v) is 13.9. The first-order chi connectivity index (χ1) is 26.8. The van der Waals surface area contributed by atoms with Crippen molar-refractivity contribution in [2.24, 2.45) is 0 Å². The number of phenols is 1. The van der Waals surface area contributed by atoms with Crippen molar-refractivity contribution in [2.75, 3.05) is 17.7 Å².